The second kappa shape index (κ2) is 25.0. The first-order valence-corrected chi connectivity index (χ1v) is 32.7. The van der Waals surface area contributed by atoms with E-state index >= 15 is 0 Å². The van der Waals surface area contributed by atoms with Gasteiger partial charge in [-0.2, -0.15) is 8.62 Å². The topological polar surface area (TPSA) is 333 Å². The van der Waals surface area contributed by atoms with Crippen LogP contribution >= 0.6 is 23.5 Å². The number of likely N-dealkylation sites (N-methyl/N-ethyl adjacent to an activating group) is 2. The van der Waals surface area contributed by atoms with Gasteiger partial charge in [0.15, 0.2) is 23.2 Å². The van der Waals surface area contributed by atoms with E-state index in [1.807, 2.05) is 24.3 Å². The molecular weight excluding hydrogens is 1160 g/mol. The largest absolute Gasteiger partial charge is 0.490 e. The standard InChI is InChI=1S/C57H74N9O16P3/c1-10-65-42-27-44-40(25-38(42)34(3)29-56(65,5)6)48(41-26-39-35(4)30-57(7,8)66(11-2)43(39)28-45(41)79-44)36-19-14-15-20-37(36)54(70)63(9)23-18-21-47(67)59-22-16-12-13-17-24-77-83(71,72)81-85(75,76)82-84(73,74)78-31-46-50(68)51(69)55(80-46)64-33-62-49-52(58)60-32-61-53(49)64/h14-15,19-20,25-30,32-33,46,50-51,55,68-69H,10-13,16-18,21-24,31H2,1-9H3,(H5-,58,59,60,61,67,71,72,73,74,75,76)/p+1/t46-,50-,51-,55-/m1/s1. The van der Waals surface area contributed by atoms with E-state index in [2.05, 4.69) is 130 Å². The zero-order valence-corrected chi connectivity index (χ0v) is 51.7. The summed E-state index contributed by atoms with van der Waals surface area (Å²) >= 11 is 0. The molecule has 25 nitrogen and oxygen atoms in total. The fourth-order valence-electron chi connectivity index (χ4n) is 11.9. The number of aliphatic hydroxyl groups is 2. The summed E-state index contributed by atoms with van der Waals surface area (Å²) in [6.45, 7) is 18.3. The Kier molecular flexibility index (Phi) is 18.7. The Morgan fingerprint density at radius 2 is 1.53 bits per heavy atom. The number of unbranched alkanes of at least 4 members (excludes halogenated alkanes) is 3. The van der Waals surface area contributed by atoms with Crippen LogP contribution in [0.1, 0.15) is 133 Å². The number of nitrogen functional groups attached to an aromatic ring is 1. The van der Waals surface area contributed by atoms with Crippen molar-refractivity contribution in [3.05, 3.63) is 112 Å². The number of anilines is 2. The van der Waals surface area contributed by atoms with Crippen LogP contribution in [-0.4, -0.2) is 137 Å². The quantitative estimate of drug-likeness (QED) is 0.0188. The van der Waals surface area contributed by atoms with Crippen molar-refractivity contribution in [1.82, 2.24) is 34.3 Å². The summed E-state index contributed by atoms with van der Waals surface area (Å²) in [5, 5.41) is 26.0. The Hall–Kier alpha value is -6.01. The molecule has 3 unspecified atom stereocenters. The number of carbonyl (C=O) groups excluding carboxylic acids is 2. The van der Waals surface area contributed by atoms with Gasteiger partial charge in [0.05, 0.1) is 31.1 Å². The van der Waals surface area contributed by atoms with Crippen molar-refractivity contribution >= 4 is 74.7 Å². The van der Waals surface area contributed by atoms with Crippen LogP contribution in [0.4, 0.5) is 11.5 Å². The van der Waals surface area contributed by atoms with Gasteiger partial charge in [-0.15, -0.1) is 0 Å². The zero-order valence-electron chi connectivity index (χ0n) is 49.0. The molecule has 7 atom stereocenters. The van der Waals surface area contributed by atoms with Crippen molar-refractivity contribution in [3.63, 3.8) is 0 Å². The number of fused-ring (bicyclic) bond motifs is 5. The van der Waals surface area contributed by atoms with E-state index < -0.39 is 61.2 Å². The SMILES string of the molecule is CCN1c2cc3c(cc2C(C)=CC1(C)C)C(c1ccccc1C(=O)N(C)CCCC(=O)NCCCCCCOP(=O)(O)OP(=O)(O)OP(=O)(O)OC[C@H]1O[C@@H](n2cnc4c(N)ncnc42)[C@H](O)[C@@H]1O)=c1cc2c(cc1O3)=[N+](CC)C(C)(C)C=C2C. The van der Waals surface area contributed by atoms with Crippen molar-refractivity contribution in [2.45, 2.75) is 130 Å². The lowest BCUT2D eigenvalue weighted by molar-refractivity contribution is -0.121. The summed E-state index contributed by atoms with van der Waals surface area (Å²) in [7, 11) is -15.0. The van der Waals surface area contributed by atoms with Gasteiger partial charge in [0.25, 0.3) is 5.91 Å². The summed E-state index contributed by atoms with van der Waals surface area (Å²) < 4.78 is 71.6. The highest BCUT2D eigenvalue weighted by Crippen LogP contribution is 2.68. The Morgan fingerprint density at radius 3 is 2.26 bits per heavy atom. The highest BCUT2D eigenvalue weighted by Gasteiger charge is 2.48. The van der Waals surface area contributed by atoms with Gasteiger partial charge >= 0.3 is 23.5 Å². The van der Waals surface area contributed by atoms with Gasteiger partial charge in [0.2, 0.25) is 11.3 Å². The monoisotopic (exact) mass is 1230 g/mol. The summed E-state index contributed by atoms with van der Waals surface area (Å²) in [6.07, 6.45) is 3.10. The van der Waals surface area contributed by atoms with E-state index in [0.29, 0.717) is 55.8 Å². The minimum absolute atomic E-state index is 0.0331. The molecule has 8 N–H and O–H groups in total. The van der Waals surface area contributed by atoms with E-state index in [-0.39, 0.29) is 52.7 Å². The van der Waals surface area contributed by atoms with Crippen molar-refractivity contribution in [3.8, 4) is 11.5 Å². The van der Waals surface area contributed by atoms with Crippen LogP contribution in [0.25, 0.3) is 27.9 Å². The lowest BCUT2D eigenvalue weighted by Gasteiger charge is -2.43. The van der Waals surface area contributed by atoms with Gasteiger partial charge < -0.3 is 55.2 Å². The predicted octanol–water partition coefficient (Wildman–Crippen LogP) is 6.71. The number of hydrogen-bond acceptors (Lipinski definition) is 18. The molecule has 3 aromatic carbocycles. The average Bonchev–Trinajstić information content (AvgIpc) is 1.58. The molecule has 5 aromatic rings. The number of benzene rings is 3. The molecular formula is C57H75N9O16P3+. The fraction of sp³-hybridized carbons (Fsp3) is 0.474. The molecule has 85 heavy (non-hydrogen) atoms. The van der Waals surface area contributed by atoms with Gasteiger partial charge in [0.1, 0.15) is 48.2 Å². The number of hydrogen-bond donors (Lipinski definition) is 7. The minimum Gasteiger partial charge on any atom is -0.456 e. The Labute approximate surface area is 492 Å². The van der Waals surface area contributed by atoms with Gasteiger partial charge in [0, 0.05) is 91.7 Å². The van der Waals surface area contributed by atoms with Crippen LogP contribution in [0.2, 0.25) is 0 Å². The number of nitrogens with zero attached hydrogens (tertiary/aromatic N) is 7. The number of phosphoric acid groups is 3. The van der Waals surface area contributed by atoms with Crippen LogP contribution in [0.15, 0.2) is 73.3 Å². The van der Waals surface area contributed by atoms with Crippen LogP contribution < -0.4 is 35.8 Å². The van der Waals surface area contributed by atoms with Crippen LogP contribution in [0, 0.1) is 0 Å². The van der Waals surface area contributed by atoms with Gasteiger partial charge in [-0.3, -0.25) is 23.2 Å². The fourth-order valence-corrected chi connectivity index (χ4v) is 15.4. The van der Waals surface area contributed by atoms with Crippen molar-refractivity contribution in [1.29, 1.82) is 0 Å². The third kappa shape index (κ3) is 13.6. The molecule has 1 saturated heterocycles. The molecule has 1 fully saturated rings. The molecule has 4 aliphatic rings. The highest BCUT2D eigenvalue weighted by molar-refractivity contribution is 7.66. The summed E-state index contributed by atoms with van der Waals surface area (Å²) in [5.74, 6) is 1.07. The maximum absolute atomic E-state index is 14.6. The third-order valence-electron chi connectivity index (χ3n) is 15.7. The zero-order chi connectivity index (χ0) is 61.6. The summed E-state index contributed by atoms with van der Waals surface area (Å²) in [6, 6.07) is 16.4. The molecule has 9 rings (SSSR count). The number of ether oxygens (including phenoxy) is 2. The second-order valence-electron chi connectivity index (χ2n) is 22.6. The Balaban J connectivity index is 0.745. The average molecular weight is 1240 g/mol. The predicted molar refractivity (Wildman–Crippen MR) is 317 cm³/mol. The molecule has 0 spiro atoms. The van der Waals surface area contributed by atoms with Gasteiger partial charge in [-0.05, 0) is 102 Å². The molecule has 28 heteroatoms. The first kappa shape index (κ1) is 63.5. The molecule has 2 amide bonds. The molecule has 6 heterocycles. The molecule has 0 aliphatic carbocycles. The molecule has 4 aliphatic heterocycles. The number of allylic oxidation sites excluding steroid dienone is 2. The molecule has 0 radical (unpaired) electrons. The number of amides is 2. The van der Waals surface area contributed by atoms with Crippen LogP contribution in [0.5, 0.6) is 11.5 Å². The van der Waals surface area contributed by atoms with Crippen LogP contribution in [-0.2, 0) is 40.9 Å². The number of nitrogens with two attached hydrogens (primary N) is 1. The first-order chi connectivity index (χ1) is 40.1. The number of rotatable bonds is 24. The molecule has 0 bridgehead atoms. The van der Waals surface area contributed by atoms with Gasteiger partial charge in [-0.1, -0.05) is 37.1 Å². The Morgan fingerprint density at radius 1 is 0.824 bits per heavy atom. The van der Waals surface area contributed by atoms with Gasteiger partial charge in [-0.25, -0.2) is 33.2 Å². The van der Waals surface area contributed by atoms with E-state index in [0.717, 1.165) is 74.7 Å². The number of carbonyl (C=O) groups is 2. The minimum atomic E-state index is -5.81. The molecule has 458 valence electrons. The van der Waals surface area contributed by atoms with E-state index in [4.69, 9.17) is 24.3 Å². The second-order valence-corrected chi connectivity index (χ2v) is 27.3. The number of aliphatic hydroxyl groups excluding tert-OH is 2. The highest BCUT2D eigenvalue weighted by atomic mass is 31.3. The lowest BCUT2D eigenvalue weighted by atomic mass is 9.83. The van der Waals surface area contributed by atoms with E-state index in [1.54, 1.807) is 11.9 Å². The Bertz CT molecular complexity index is 3780. The molecule has 2 aromatic heterocycles. The van der Waals surface area contributed by atoms with Crippen molar-refractivity contribution < 1.29 is 75.3 Å². The maximum atomic E-state index is 14.6. The smallest absolute Gasteiger partial charge is 0.456 e. The number of phosphoric ester groups is 2. The van der Waals surface area contributed by atoms with E-state index in [1.165, 1.54) is 10.9 Å². The summed E-state index contributed by atoms with van der Waals surface area (Å²) in [5.41, 5.74) is 14.4. The van der Waals surface area contributed by atoms with Crippen molar-refractivity contribution in [2.75, 3.05) is 57.1 Å². The maximum Gasteiger partial charge on any atom is 0.490 e. The van der Waals surface area contributed by atoms with Crippen LogP contribution in [0.3, 0.4) is 0 Å². The number of imidazole rings is 1. The number of nitrogens with one attached hydrogen (secondary N) is 1. The molecule has 0 saturated carbocycles. The van der Waals surface area contributed by atoms with Crippen molar-refractivity contribution in [2.24, 2.45) is 0 Å². The number of aromatic nitrogens is 4. The normalized spacial score (nSPS) is 21.5. The lowest BCUT2D eigenvalue weighted by Crippen LogP contribution is -2.49. The first-order valence-electron chi connectivity index (χ1n) is 28.2. The van der Waals surface area contributed by atoms with E-state index in [9.17, 15) is 48.2 Å². The third-order valence-corrected chi connectivity index (χ3v) is 20.0. The summed E-state index contributed by atoms with van der Waals surface area (Å²) in [4.78, 5) is 73.8.